The Balaban J connectivity index is 1.85. The molecule has 1 aliphatic rings. The number of likely N-dealkylation sites (tertiary alicyclic amines) is 1. The van der Waals surface area contributed by atoms with E-state index in [4.69, 9.17) is 4.74 Å². The number of hydrogen-bond acceptors (Lipinski definition) is 4. The number of carbonyl (C=O) groups excluding carboxylic acids is 2. The van der Waals surface area contributed by atoms with E-state index < -0.39 is 0 Å². The van der Waals surface area contributed by atoms with Crippen LogP contribution in [0.1, 0.15) is 38.3 Å². The first-order valence-corrected chi connectivity index (χ1v) is 8.45. The summed E-state index contributed by atoms with van der Waals surface area (Å²) in [5.74, 6) is -0.328. The first-order valence-electron chi connectivity index (χ1n) is 7.66. The second-order valence-electron chi connectivity index (χ2n) is 5.49. The Bertz CT molecular complexity index is 536. The van der Waals surface area contributed by atoms with Crippen molar-refractivity contribution < 1.29 is 14.3 Å². The summed E-state index contributed by atoms with van der Waals surface area (Å²) in [6.07, 6.45) is 3.01. The SMILES string of the molecule is CCCC(=O)N1CCC[C@@H](C(=O)OCc2cccc(Br)n2)C1. The van der Waals surface area contributed by atoms with E-state index in [0.29, 0.717) is 18.7 Å². The van der Waals surface area contributed by atoms with Crippen LogP contribution in [0.25, 0.3) is 0 Å². The standard InChI is InChI=1S/C16H21BrN2O3/c1-2-5-15(20)19-9-4-6-12(10-19)16(21)22-11-13-7-3-8-14(17)18-13/h3,7-8,12H,2,4-6,9-11H2,1H3/t12-/m1/s1. The lowest BCUT2D eigenvalue weighted by molar-refractivity contribution is -0.153. The second kappa shape index (κ2) is 8.27. The number of nitrogens with zero attached hydrogens (tertiary/aromatic N) is 2. The van der Waals surface area contributed by atoms with Crippen molar-refractivity contribution in [1.82, 2.24) is 9.88 Å². The largest absolute Gasteiger partial charge is 0.459 e. The summed E-state index contributed by atoms with van der Waals surface area (Å²) >= 11 is 3.29. The highest BCUT2D eigenvalue weighted by Gasteiger charge is 2.29. The van der Waals surface area contributed by atoms with E-state index in [1.807, 2.05) is 25.1 Å². The van der Waals surface area contributed by atoms with E-state index in [2.05, 4.69) is 20.9 Å². The maximum atomic E-state index is 12.2. The van der Waals surface area contributed by atoms with Crippen molar-refractivity contribution in [3.63, 3.8) is 0 Å². The number of carbonyl (C=O) groups is 2. The molecule has 120 valence electrons. The molecule has 0 bridgehead atoms. The third-order valence-corrected chi connectivity index (χ3v) is 4.15. The van der Waals surface area contributed by atoms with Crippen molar-refractivity contribution in [2.45, 2.75) is 39.2 Å². The van der Waals surface area contributed by atoms with Crippen molar-refractivity contribution in [1.29, 1.82) is 0 Å². The van der Waals surface area contributed by atoms with Gasteiger partial charge in [-0.25, -0.2) is 4.98 Å². The third kappa shape index (κ3) is 4.80. The fourth-order valence-electron chi connectivity index (χ4n) is 2.56. The number of piperidine rings is 1. The first-order chi connectivity index (χ1) is 10.6. The van der Waals surface area contributed by atoms with Crippen LogP contribution in [-0.2, 0) is 20.9 Å². The zero-order chi connectivity index (χ0) is 15.9. The first kappa shape index (κ1) is 16.9. The van der Waals surface area contributed by atoms with Crippen LogP contribution in [0, 0.1) is 5.92 Å². The maximum Gasteiger partial charge on any atom is 0.311 e. The molecule has 1 atom stereocenters. The highest BCUT2D eigenvalue weighted by Crippen LogP contribution is 2.19. The van der Waals surface area contributed by atoms with Gasteiger partial charge in [-0.15, -0.1) is 0 Å². The Labute approximate surface area is 139 Å². The lowest BCUT2D eigenvalue weighted by Gasteiger charge is -2.31. The van der Waals surface area contributed by atoms with Gasteiger partial charge in [-0.3, -0.25) is 9.59 Å². The van der Waals surface area contributed by atoms with Gasteiger partial charge in [0.15, 0.2) is 0 Å². The fourth-order valence-corrected chi connectivity index (χ4v) is 2.94. The van der Waals surface area contributed by atoms with Crippen LogP contribution < -0.4 is 0 Å². The van der Waals surface area contributed by atoms with Crippen LogP contribution in [0.15, 0.2) is 22.8 Å². The van der Waals surface area contributed by atoms with Crippen LogP contribution in [0.2, 0.25) is 0 Å². The van der Waals surface area contributed by atoms with Gasteiger partial charge < -0.3 is 9.64 Å². The predicted octanol–water partition coefficient (Wildman–Crippen LogP) is 2.93. The van der Waals surface area contributed by atoms with Gasteiger partial charge in [-0.05, 0) is 47.3 Å². The van der Waals surface area contributed by atoms with Crippen LogP contribution in [0.5, 0.6) is 0 Å². The Morgan fingerprint density at radius 1 is 1.45 bits per heavy atom. The molecule has 1 fully saturated rings. The smallest absolute Gasteiger partial charge is 0.311 e. The molecule has 0 spiro atoms. The summed E-state index contributed by atoms with van der Waals surface area (Å²) in [4.78, 5) is 30.1. The number of pyridine rings is 1. The number of ether oxygens (including phenoxy) is 1. The van der Waals surface area contributed by atoms with Crippen molar-refractivity contribution in [3.8, 4) is 0 Å². The van der Waals surface area contributed by atoms with Gasteiger partial charge in [-0.1, -0.05) is 13.0 Å². The summed E-state index contributed by atoms with van der Waals surface area (Å²) in [5, 5.41) is 0. The zero-order valence-electron chi connectivity index (χ0n) is 12.8. The van der Waals surface area contributed by atoms with Crippen LogP contribution in [0.4, 0.5) is 0 Å². The van der Waals surface area contributed by atoms with Gasteiger partial charge in [0, 0.05) is 19.5 Å². The van der Waals surface area contributed by atoms with E-state index >= 15 is 0 Å². The van der Waals surface area contributed by atoms with E-state index in [1.165, 1.54) is 0 Å². The van der Waals surface area contributed by atoms with Crippen molar-refractivity contribution in [2.24, 2.45) is 5.92 Å². The summed E-state index contributed by atoms with van der Waals surface area (Å²) in [6, 6.07) is 5.49. The molecule has 0 N–H and O–H groups in total. The monoisotopic (exact) mass is 368 g/mol. The molecular formula is C16H21BrN2O3. The Morgan fingerprint density at radius 2 is 2.27 bits per heavy atom. The Hall–Kier alpha value is -1.43. The van der Waals surface area contributed by atoms with E-state index in [1.54, 1.807) is 4.90 Å². The molecule has 1 aliphatic heterocycles. The van der Waals surface area contributed by atoms with Crippen molar-refractivity contribution in [2.75, 3.05) is 13.1 Å². The van der Waals surface area contributed by atoms with Gasteiger partial charge in [0.25, 0.3) is 0 Å². The summed E-state index contributed by atoms with van der Waals surface area (Å²) < 4.78 is 6.07. The zero-order valence-corrected chi connectivity index (χ0v) is 14.3. The average molecular weight is 369 g/mol. The quantitative estimate of drug-likeness (QED) is 0.592. The Morgan fingerprint density at radius 3 is 3.00 bits per heavy atom. The van der Waals surface area contributed by atoms with Gasteiger partial charge in [0.1, 0.15) is 11.2 Å². The molecule has 1 saturated heterocycles. The lowest BCUT2D eigenvalue weighted by atomic mass is 9.98. The van der Waals surface area contributed by atoms with Gasteiger partial charge >= 0.3 is 5.97 Å². The number of rotatable bonds is 5. The molecule has 1 aromatic rings. The molecule has 0 radical (unpaired) electrons. The fraction of sp³-hybridized carbons (Fsp3) is 0.562. The molecule has 6 heteroatoms. The van der Waals surface area contributed by atoms with E-state index in [9.17, 15) is 9.59 Å². The molecule has 1 amide bonds. The van der Waals surface area contributed by atoms with Gasteiger partial charge in [-0.2, -0.15) is 0 Å². The minimum atomic E-state index is -0.240. The van der Waals surface area contributed by atoms with E-state index in [0.717, 1.165) is 30.4 Å². The molecule has 0 aliphatic carbocycles. The minimum absolute atomic E-state index is 0.133. The number of hydrogen-bond donors (Lipinski definition) is 0. The second-order valence-corrected chi connectivity index (χ2v) is 6.30. The van der Waals surface area contributed by atoms with Crippen LogP contribution in [-0.4, -0.2) is 34.8 Å². The maximum absolute atomic E-state index is 12.2. The van der Waals surface area contributed by atoms with Crippen LogP contribution >= 0.6 is 15.9 Å². The van der Waals surface area contributed by atoms with Crippen molar-refractivity contribution in [3.05, 3.63) is 28.5 Å². The Kier molecular flexibility index (Phi) is 6.36. The number of esters is 1. The predicted molar refractivity (Wildman–Crippen MR) is 85.9 cm³/mol. The molecule has 0 saturated carbocycles. The summed E-state index contributed by atoms with van der Waals surface area (Å²) in [6.45, 7) is 3.37. The van der Waals surface area contributed by atoms with E-state index in [-0.39, 0.29) is 24.4 Å². The third-order valence-electron chi connectivity index (χ3n) is 3.71. The normalized spacial score (nSPS) is 18.1. The summed E-state index contributed by atoms with van der Waals surface area (Å²) in [7, 11) is 0. The molecule has 22 heavy (non-hydrogen) atoms. The molecule has 2 heterocycles. The molecule has 2 rings (SSSR count). The lowest BCUT2D eigenvalue weighted by Crippen LogP contribution is -2.42. The van der Waals surface area contributed by atoms with Crippen molar-refractivity contribution >= 4 is 27.8 Å². The van der Waals surface area contributed by atoms with Gasteiger partial charge in [0.05, 0.1) is 11.6 Å². The molecule has 1 aromatic heterocycles. The number of aromatic nitrogens is 1. The molecule has 5 nitrogen and oxygen atoms in total. The summed E-state index contributed by atoms with van der Waals surface area (Å²) in [5.41, 5.74) is 0.706. The van der Waals surface area contributed by atoms with Gasteiger partial charge in [0.2, 0.25) is 5.91 Å². The number of amides is 1. The minimum Gasteiger partial charge on any atom is -0.459 e. The number of halogens is 1. The van der Waals surface area contributed by atoms with Crippen LogP contribution in [0.3, 0.4) is 0 Å². The molecule has 0 unspecified atom stereocenters. The average Bonchev–Trinajstić information content (AvgIpc) is 2.53. The highest BCUT2D eigenvalue weighted by molar-refractivity contribution is 9.10. The topological polar surface area (TPSA) is 59.5 Å². The highest BCUT2D eigenvalue weighted by atomic mass is 79.9. The molecule has 0 aromatic carbocycles. The molecular weight excluding hydrogens is 348 g/mol.